The molecule has 0 fully saturated rings. The van der Waals surface area contributed by atoms with Gasteiger partial charge in [0.1, 0.15) is 11.2 Å². The Kier molecular flexibility index (Phi) is 3.18. The molecule has 26 heavy (non-hydrogen) atoms. The number of amides is 1. The predicted molar refractivity (Wildman–Crippen MR) is 98.2 cm³/mol. The van der Waals surface area contributed by atoms with Gasteiger partial charge in [-0.3, -0.25) is 14.0 Å². The van der Waals surface area contributed by atoms with Gasteiger partial charge in [-0.05, 0) is 18.2 Å². The highest BCUT2D eigenvalue weighted by atomic mass is 16.2. The Labute approximate surface area is 148 Å². The zero-order valence-electron chi connectivity index (χ0n) is 14.0. The van der Waals surface area contributed by atoms with Crippen LogP contribution < -0.4 is 5.56 Å². The number of hydrogen-bond donors (Lipinski definition) is 1. The van der Waals surface area contributed by atoms with Crippen molar-refractivity contribution in [3.63, 3.8) is 0 Å². The van der Waals surface area contributed by atoms with E-state index in [4.69, 9.17) is 0 Å². The molecule has 0 radical (unpaired) electrons. The zero-order chi connectivity index (χ0) is 17.7. The Bertz CT molecular complexity index is 1220. The van der Waals surface area contributed by atoms with Crippen molar-refractivity contribution in [1.82, 2.24) is 19.3 Å². The van der Waals surface area contributed by atoms with Gasteiger partial charge in [-0.1, -0.05) is 24.3 Å². The van der Waals surface area contributed by atoms with Crippen LogP contribution in [-0.4, -0.2) is 31.7 Å². The van der Waals surface area contributed by atoms with E-state index in [1.807, 2.05) is 24.3 Å². The summed E-state index contributed by atoms with van der Waals surface area (Å²) in [6, 6.07) is 13.4. The molecule has 128 valence electrons. The van der Waals surface area contributed by atoms with Crippen LogP contribution in [0.25, 0.3) is 16.6 Å². The van der Waals surface area contributed by atoms with Gasteiger partial charge in [-0.15, -0.1) is 0 Å². The highest BCUT2D eigenvalue weighted by molar-refractivity contribution is 5.94. The number of benzene rings is 1. The number of para-hydroxylation sites is 1. The molecule has 0 saturated carbocycles. The van der Waals surface area contributed by atoms with E-state index in [0.717, 1.165) is 22.9 Å². The van der Waals surface area contributed by atoms with Crippen LogP contribution in [0.5, 0.6) is 0 Å². The van der Waals surface area contributed by atoms with E-state index in [0.29, 0.717) is 18.7 Å². The molecule has 5 rings (SSSR count). The van der Waals surface area contributed by atoms with E-state index in [2.05, 4.69) is 16.0 Å². The largest absolute Gasteiger partial charge is 0.358 e. The lowest BCUT2D eigenvalue weighted by molar-refractivity contribution is 0.0732. The molecule has 1 amide bonds. The second-order valence-electron chi connectivity index (χ2n) is 6.51. The van der Waals surface area contributed by atoms with Gasteiger partial charge in [-0.2, -0.15) is 0 Å². The van der Waals surface area contributed by atoms with Crippen molar-refractivity contribution >= 4 is 22.5 Å². The first-order chi connectivity index (χ1) is 12.7. The lowest BCUT2D eigenvalue weighted by Gasteiger charge is -2.27. The molecule has 1 aliphatic rings. The summed E-state index contributed by atoms with van der Waals surface area (Å²) in [4.78, 5) is 35.1. The van der Waals surface area contributed by atoms with Crippen molar-refractivity contribution in [2.75, 3.05) is 6.54 Å². The number of carbonyl (C=O) groups is 1. The summed E-state index contributed by atoms with van der Waals surface area (Å²) >= 11 is 0. The Hall–Kier alpha value is -3.41. The zero-order valence-corrected chi connectivity index (χ0v) is 14.0. The van der Waals surface area contributed by atoms with Gasteiger partial charge in [0.2, 0.25) is 0 Å². The molecule has 4 aromatic rings. The molecule has 6 nitrogen and oxygen atoms in total. The number of aromatic amines is 1. The summed E-state index contributed by atoms with van der Waals surface area (Å²) < 4.78 is 1.41. The van der Waals surface area contributed by atoms with E-state index >= 15 is 0 Å². The molecule has 1 aromatic carbocycles. The van der Waals surface area contributed by atoms with Crippen LogP contribution in [0.2, 0.25) is 0 Å². The normalized spacial score (nSPS) is 13.9. The molecule has 3 aromatic heterocycles. The van der Waals surface area contributed by atoms with Gasteiger partial charge >= 0.3 is 0 Å². The topological polar surface area (TPSA) is 70.5 Å². The van der Waals surface area contributed by atoms with Crippen LogP contribution in [0.4, 0.5) is 0 Å². The van der Waals surface area contributed by atoms with Crippen molar-refractivity contribution in [3.8, 4) is 0 Å². The highest BCUT2D eigenvalue weighted by Crippen LogP contribution is 2.28. The van der Waals surface area contributed by atoms with E-state index < -0.39 is 0 Å². The molecular formula is C20H16N4O2. The summed E-state index contributed by atoms with van der Waals surface area (Å²) in [6.07, 6.45) is 3.78. The first kappa shape index (κ1) is 14.9. The number of nitrogens with one attached hydrogen (secondary N) is 1. The van der Waals surface area contributed by atoms with Crippen LogP contribution in [-0.2, 0) is 13.0 Å². The molecule has 0 atom stereocenters. The average molecular weight is 344 g/mol. The van der Waals surface area contributed by atoms with E-state index in [1.54, 1.807) is 23.2 Å². The standard InChI is InChI=1S/C20H16N4O2/c25-19(14-11-21-18-7-3-4-9-24(18)20(14)26)23-10-8-17-15(12-23)13-5-1-2-6-16(13)22-17/h1-7,9,11,22H,8,10,12H2. The van der Waals surface area contributed by atoms with Crippen LogP contribution in [0, 0.1) is 0 Å². The van der Waals surface area contributed by atoms with Gasteiger partial charge in [-0.25, -0.2) is 4.98 Å². The van der Waals surface area contributed by atoms with Gasteiger partial charge in [0.15, 0.2) is 0 Å². The lowest BCUT2D eigenvalue weighted by atomic mass is 10.0. The third kappa shape index (κ3) is 2.15. The van der Waals surface area contributed by atoms with Crippen LogP contribution in [0.15, 0.2) is 59.7 Å². The van der Waals surface area contributed by atoms with Gasteiger partial charge in [0, 0.05) is 54.1 Å². The minimum Gasteiger partial charge on any atom is -0.358 e. The number of H-pyrrole nitrogens is 1. The fourth-order valence-corrected chi connectivity index (χ4v) is 3.68. The van der Waals surface area contributed by atoms with Gasteiger partial charge in [0.25, 0.3) is 11.5 Å². The fraction of sp³-hybridized carbons (Fsp3) is 0.150. The second kappa shape index (κ2) is 5.56. The van der Waals surface area contributed by atoms with Gasteiger partial charge in [0.05, 0.1) is 0 Å². The summed E-state index contributed by atoms with van der Waals surface area (Å²) in [5.41, 5.74) is 3.70. The minimum absolute atomic E-state index is 0.108. The third-order valence-electron chi connectivity index (χ3n) is 5.01. The molecule has 0 spiro atoms. The number of carbonyl (C=O) groups excluding carboxylic acids is 1. The first-order valence-corrected chi connectivity index (χ1v) is 8.56. The molecule has 1 N–H and O–H groups in total. The monoisotopic (exact) mass is 344 g/mol. The lowest BCUT2D eigenvalue weighted by Crippen LogP contribution is -2.39. The third-order valence-corrected chi connectivity index (χ3v) is 5.01. The molecule has 4 heterocycles. The average Bonchev–Trinajstić information content (AvgIpc) is 3.06. The minimum atomic E-state index is -0.328. The maximum Gasteiger partial charge on any atom is 0.270 e. The fourth-order valence-electron chi connectivity index (χ4n) is 3.68. The summed E-state index contributed by atoms with van der Waals surface area (Å²) in [6.45, 7) is 1.07. The van der Waals surface area contributed by atoms with E-state index in [-0.39, 0.29) is 17.0 Å². The molecule has 0 unspecified atom stereocenters. The quantitative estimate of drug-likeness (QED) is 0.576. The summed E-state index contributed by atoms with van der Waals surface area (Å²) in [5, 5.41) is 1.13. The van der Waals surface area contributed by atoms with E-state index in [9.17, 15) is 9.59 Å². The second-order valence-corrected chi connectivity index (χ2v) is 6.51. The first-order valence-electron chi connectivity index (χ1n) is 8.56. The number of aromatic nitrogens is 3. The highest BCUT2D eigenvalue weighted by Gasteiger charge is 2.26. The number of pyridine rings is 1. The van der Waals surface area contributed by atoms with Gasteiger partial charge < -0.3 is 9.88 Å². The smallest absolute Gasteiger partial charge is 0.270 e. The van der Waals surface area contributed by atoms with E-state index in [1.165, 1.54) is 16.3 Å². The molecule has 0 saturated heterocycles. The summed E-state index contributed by atoms with van der Waals surface area (Å²) in [5.74, 6) is -0.267. The maximum atomic E-state index is 13.0. The van der Waals surface area contributed by atoms with Crippen molar-refractivity contribution in [1.29, 1.82) is 0 Å². The van der Waals surface area contributed by atoms with Crippen molar-refractivity contribution in [2.45, 2.75) is 13.0 Å². The number of nitrogens with zero attached hydrogens (tertiary/aromatic N) is 3. The molecule has 0 aliphatic carbocycles. The predicted octanol–water partition coefficient (Wildman–Crippen LogP) is 2.37. The molecule has 6 heteroatoms. The SMILES string of the molecule is O=C(c1cnc2ccccn2c1=O)N1CCc2[nH]c3ccccc3c2C1. The Morgan fingerprint density at radius 3 is 2.88 bits per heavy atom. The number of fused-ring (bicyclic) bond motifs is 4. The Balaban J connectivity index is 1.54. The van der Waals surface area contributed by atoms with Crippen LogP contribution in [0.3, 0.4) is 0 Å². The van der Waals surface area contributed by atoms with Crippen molar-refractivity contribution in [3.05, 3.63) is 82.0 Å². The van der Waals surface area contributed by atoms with Crippen LogP contribution in [0.1, 0.15) is 21.6 Å². The van der Waals surface area contributed by atoms with Crippen molar-refractivity contribution < 1.29 is 4.79 Å². The molecular weight excluding hydrogens is 328 g/mol. The number of hydrogen-bond acceptors (Lipinski definition) is 3. The van der Waals surface area contributed by atoms with Crippen LogP contribution >= 0.6 is 0 Å². The maximum absolute atomic E-state index is 13.0. The Morgan fingerprint density at radius 2 is 1.96 bits per heavy atom. The summed E-state index contributed by atoms with van der Waals surface area (Å²) in [7, 11) is 0. The number of rotatable bonds is 1. The molecule has 1 aliphatic heterocycles. The Morgan fingerprint density at radius 1 is 1.12 bits per heavy atom. The van der Waals surface area contributed by atoms with Crippen molar-refractivity contribution in [2.24, 2.45) is 0 Å². The molecule has 0 bridgehead atoms.